The van der Waals surface area contributed by atoms with Crippen LogP contribution in [0.1, 0.15) is 29.3 Å². The van der Waals surface area contributed by atoms with Crippen LogP contribution in [0.15, 0.2) is 18.2 Å². The second-order valence-electron chi connectivity index (χ2n) is 3.36. The van der Waals surface area contributed by atoms with Gasteiger partial charge in [-0.1, -0.05) is 24.6 Å². The van der Waals surface area contributed by atoms with Crippen molar-refractivity contribution in [2.45, 2.75) is 19.1 Å². The quantitative estimate of drug-likeness (QED) is 0.742. The SMILES string of the molecule is CCC1(O)NC(=O)c2cc(Cl)ccc21. The van der Waals surface area contributed by atoms with E-state index in [1.165, 1.54) is 0 Å². The summed E-state index contributed by atoms with van der Waals surface area (Å²) < 4.78 is 0. The zero-order valence-corrected chi connectivity index (χ0v) is 8.43. The predicted molar refractivity (Wildman–Crippen MR) is 53.1 cm³/mol. The van der Waals surface area contributed by atoms with Crippen LogP contribution in [0.25, 0.3) is 0 Å². The van der Waals surface area contributed by atoms with Gasteiger partial charge in [0.25, 0.3) is 5.91 Å². The molecule has 0 saturated carbocycles. The van der Waals surface area contributed by atoms with Crippen LogP contribution < -0.4 is 5.32 Å². The largest absolute Gasteiger partial charge is 0.367 e. The third kappa shape index (κ3) is 1.21. The van der Waals surface area contributed by atoms with Gasteiger partial charge in [0.05, 0.1) is 0 Å². The van der Waals surface area contributed by atoms with Gasteiger partial charge < -0.3 is 10.4 Å². The van der Waals surface area contributed by atoms with Crippen molar-refractivity contribution in [1.82, 2.24) is 5.32 Å². The molecule has 1 atom stereocenters. The molecule has 74 valence electrons. The van der Waals surface area contributed by atoms with Gasteiger partial charge in [-0.3, -0.25) is 4.79 Å². The topological polar surface area (TPSA) is 49.3 Å². The lowest BCUT2D eigenvalue weighted by Gasteiger charge is -2.21. The van der Waals surface area contributed by atoms with E-state index in [9.17, 15) is 9.90 Å². The zero-order valence-electron chi connectivity index (χ0n) is 7.67. The first kappa shape index (κ1) is 9.49. The van der Waals surface area contributed by atoms with E-state index in [1.54, 1.807) is 18.2 Å². The van der Waals surface area contributed by atoms with Crippen LogP contribution in [0.4, 0.5) is 0 Å². The molecule has 0 radical (unpaired) electrons. The molecule has 1 aromatic carbocycles. The van der Waals surface area contributed by atoms with E-state index < -0.39 is 5.72 Å². The number of amides is 1. The Morgan fingerprint density at radius 2 is 2.29 bits per heavy atom. The summed E-state index contributed by atoms with van der Waals surface area (Å²) in [7, 11) is 0. The number of hydrogen-bond acceptors (Lipinski definition) is 2. The predicted octanol–water partition coefficient (Wildman–Crippen LogP) is 1.64. The lowest BCUT2D eigenvalue weighted by Crippen LogP contribution is -2.38. The first-order valence-electron chi connectivity index (χ1n) is 4.42. The fraction of sp³-hybridized carbons (Fsp3) is 0.300. The summed E-state index contributed by atoms with van der Waals surface area (Å²) in [5, 5.41) is 13.1. The number of rotatable bonds is 1. The second-order valence-corrected chi connectivity index (χ2v) is 3.79. The van der Waals surface area contributed by atoms with Crippen molar-refractivity contribution in [1.29, 1.82) is 0 Å². The summed E-state index contributed by atoms with van der Waals surface area (Å²) >= 11 is 5.76. The summed E-state index contributed by atoms with van der Waals surface area (Å²) in [4.78, 5) is 11.5. The van der Waals surface area contributed by atoms with E-state index in [-0.39, 0.29) is 5.91 Å². The molecule has 0 aromatic heterocycles. The van der Waals surface area contributed by atoms with Gasteiger partial charge in [-0.2, -0.15) is 0 Å². The number of carbonyl (C=O) groups excluding carboxylic acids is 1. The Morgan fingerprint density at radius 3 is 2.93 bits per heavy atom. The average molecular weight is 212 g/mol. The van der Waals surface area contributed by atoms with E-state index in [0.717, 1.165) is 0 Å². The highest BCUT2D eigenvalue weighted by atomic mass is 35.5. The van der Waals surface area contributed by atoms with Crippen molar-refractivity contribution >= 4 is 17.5 Å². The Balaban J connectivity index is 2.61. The smallest absolute Gasteiger partial charge is 0.254 e. The fourth-order valence-corrected chi connectivity index (χ4v) is 1.84. The number of nitrogens with one attached hydrogen (secondary N) is 1. The van der Waals surface area contributed by atoms with Crippen LogP contribution in [0.3, 0.4) is 0 Å². The molecule has 1 heterocycles. The summed E-state index contributed by atoms with van der Waals surface area (Å²) in [5.41, 5.74) is -0.159. The average Bonchev–Trinajstić information content (AvgIpc) is 2.40. The van der Waals surface area contributed by atoms with Crippen molar-refractivity contribution < 1.29 is 9.90 Å². The highest BCUT2D eigenvalue weighted by molar-refractivity contribution is 6.31. The molecule has 0 saturated heterocycles. The third-order valence-electron chi connectivity index (χ3n) is 2.50. The Bertz CT molecular complexity index is 405. The summed E-state index contributed by atoms with van der Waals surface area (Å²) in [6.45, 7) is 1.81. The normalized spacial score (nSPS) is 24.6. The summed E-state index contributed by atoms with van der Waals surface area (Å²) in [6.07, 6.45) is 0.438. The van der Waals surface area contributed by atoms with Gasteiger partial charge in [0, 0.05) is 16.1 Å². The maximum atomic E-state index is 11.5. The molecule has 1 aliphatic rings. The van der Waals surface area contributed by atoms with Crippen LogP contribution in [-0.2, 0) is 5.72 Å². The first-order valence-corrected chi connectivity index (χ1v) is 4.79. The Labute approximate surface area is 86.7 Å². The maximum Gasteiger partial charge on any atom is 0.254 e. The molecule has 0 aliphatic carbocycles. The van der Waals surface area contributed by atoms with Gasteiger partial charge in [-0.15, -0.1) is 0 Å². The number of aliphatic hydroxyl groups is 1. The molecule has 2 rings (SSSR count). The molecule has 1 aliphatic heterocycles. The fourth-order valence-electron chi connectivity index (χ4n) is 1.67. The lowest BCUT2D eigenvalue weighted by atomic mass is 10.00. The van der Waals surface area contributed by atoms with Crippen molar-refractivity contribution in [2.75, 3.05) is 0 Å². The minimum atomic E-state index is -1.23. The van der Waals surface area contributed by atoms with Crippen LogP contribution in [0, 0.1) is 0 Å². The number of carbonyl (C=O) groups is 1. The molecule has 0 spiro atoms. The summed E-state index contributed by atoms with van der Waals surface area (Å²) in [5.74, 6) is -0.271. The monoisotopic (exact) mass is 211 g/mol. The Kier molecular flexibility index (Phi) is 2.01. The molecule has 2 N–H and O–H groups in total. The van der Waals surface area contributed by atoms with Crippen molar-refractivity contribution in [3.05, 3.63) is 34.3 Å². The maximum absolute atomic E-state index is 11.5. The zero-order chi connectivity index (χ0) is 10.3. The van der Waals surface area contributed by atoms with Crippen molar-refractivity contribution in [3.8, 4) is 0 Å². The number of hydrogen-bond donors (Lipinski definition) is 2. The standard InChI is InChI=1S/C10H10ClNO2/c1-2-10(14)8-4-3-6(11)5-7(8)9(13)12-10/h3-5,14H,2H2,1H3,(H,12,13). The molecule has 1 aromatic rings. The van der Waals surface area contributed by atoms with E-state index in [0.29, 0.717) is 22.6 Å². The molecule has 1 unspecified atom stereocenters. The minimum absolute atomic E-state index is 0.271. The molecule has 0 bridgehead atoms. The van der Waals surface area contributed by atoms with Crippen LogP contribution in [-0.4, -0.2) is 11.0 Å². The summed E-state index contributed by atoms with van der Waals surface area (Å²) in [6, 6.07) is 4.92. The molecule has 0 fully saturated rings. The third-order valence-corrected chi connectivity index (χ3v) is 2.74. The molecule has 14 heavy (non-hydrogen) atoms. The van der Waals surface area contributed by atoms with E-state index in [1.807, 2.05) is 6.92 Å². The van der Waals surface area contributed by atoms with Crippen molar-refractivity contribution in [2.24, 2.45) is 0 Å². The molecular weight excluding hydrogens is 202 g/mol. The van der Waals surface area contributed by atoms with Gasteiger partial charge in [-0.25, -0.2) is 0 Å². The Morgan fingerprint density at radius 1 is 1.57 bits per heavy atom. The van der Waals surface area contributed by atoms with Gasteiger partial charge in [-0.05, 0) is 18.6 Å². The van der Waals surface area contributed by atoms with Crippen molar-refractivity contribution in [3.63, 3.8) is 0 Å². The highest BCUT2D eigenvalue weighted by Gasteiger charge is 2.39. The molecule has 1 amide bonds. The van der Waals surface area contributed by atoms with Crippen LogP contribution in [0.2, 0.25) is 5.02 Å². The van der Waals surface area contributed by atoms with E-state index >= 15 is 0 Å². The number of fused-ring (bicyclic) bond motifs is 1. The number of benzene rings is 1. The lowest BCUT2D eigenvalue weighted by molar-refractivity contribution is 0.00970. The highest BCUT2D eigenvalue weighted by Crippen LogP contribution is 2.32. The molecule has 4 heteroatoms. The van der Waals surface area contributed by atoms with E-state index in [2.05, 4.69) is 5.32 Å². The van der Waals surface area contributed by atoms with Crippen LogP contribution >= 0.6 is 11.6 Å². The van der Waals surface area contributed by atoms with E-state index in [4.69, 9.17) is 11.6 Å². The second kappa shape index (κ2) is 2.97. The van der Waals surface area contributed by atoms with Gasteiger partial charge in [0.2, 0.25) is 0 Å². The van der Waals surface area contributed by atoms with Gasteiger partial charge in [0.15, 0.2) is 5.72 Å². The first-order chi connectivity index (χ1) is 6.57. The molecule has 3 nitrogen and oxygen atoms in total. The van der Waals surface area contributed by atoms with Gasteiger partial charge >= 0.3 is 0 Å². The molecular formula is C10H10ClNO2. The Hall–Kier alpha value is -1.06. The minimum Gasteiger partial charge on any atom is -0.367 e. The van der Waals surface area contributed by atoms with Gasteiger partial charge in [0.1, 0.15) is 0 Å². The van der Waals surface area contributed by atoms with Crippen LogP contribution in [0.5, 0.6) is 0 Å². The number of halogens is 1.